The molecule has 1 atom stereocenters. The Morgan fingerprint density at radius 2 is 1.81 bits per heavy atom. The monoisotopic (exact) mass is 399 g/mol. The minimum Gasteiger partial charge on any atom is -0.323 e. The van der Waals surface area contributed by atoms with Crippen LogP contribution in [-0.4, -0.2) is 19.4 Å². The van der Waals surface area contributed by atoms with Crippen molar-refractivity contribution in [3.05, 3.63) is 77.4 Å². The Bertz CT molecular complexity index is 1080. The maximum Gasteiger partial charge on any atom is 0.263 e. The Hall–Kier alpha value is -2.57. The molecular weight excluding hydrogens is 382 g/mol. The minimum absolute atomic E-state index is 0.0397. The number of para-hydroxylation sites is 1. The number of benzene rings is 2. The van der Waals surface area contributed by atoms with E-state index in [0.29, 0.717) is 11.7 Å². The second-order valence-corrected chi connectivity index (χ2v) is 8.55. The van der Waals surface area contributed by atoms with Gasteiger partial charge in [0.05, 0.1) is 16.9 Å². The number of aromatic nitrogens is 1. The van der Waals surface area contributed by atoms with Crippen molar-refractivity contribution in [2.75, 3.05) is 9.62 Å². The first-order valence-corrected chi connectivity index (χ1v) is 10.4. The molecule has 0 saturated carbocycles. The van der Waals surface area contributed by atoms with Gasteiger partial charge >= 0.3 is 0 Å². The van der Waals surface area contributed by atoms with Crippen molar-refractivity contribution < 1.29 is 8.42 Å². The minimum atomic E-state index is -3.77. The SMILES string of the molecule is CC1Cc2ccccc2N1c1ccc(NS(=O)(=O)c2ccccc2Cl)cn1. The highest BCUT2D eigenvalue weighted by molar-refractivity contribution is 7.92. The number of nitrogens with one attached hydrogen (secondary N) is 1. The number of sulfonamides is 1. The lowest BCUT2D eigenvalue weighted by molar-refractivity contribution is 0.601. The average molecular weight is 400 g/mol. The summed E-state index contributed by atoms with van der Waals surface area (Å²) in [5.41, 5.74) is 2.82. The highest BCUT2D eigenvalue weighted by atomic mass is 35.5. The molecule has 27 heavy (non-hydrogen) atoms. The predicted molar refractivity (Wildman–Crippen MR) is 108 cm³/mol. The first-order chi connectivity index (χ1) is 13.0. The van der Waals surface area contributed by atoms with Crippen LogP contribution in [-0.2, 0) is 16.4 Å². The molecule has 0 aliphatic carbocycles. The molecule has 1 unspecified atom stereocenters. The topological polar surface area (TPSA) is 62.3 Å². The smallest absolute Gasteiger partial charge is 0.263 e. The first-order valence-electron chi connectivity index (χ1n) is 8.56. The van der Waals surface area contributed by atoms with Gasteiger partial charge in [-0.3, -0.25) is 4.72 Å². The molecule has 5 nitrogen and oxygen atoms in total. The molecule has 0 bridgehead atoms. The fraction of sp³-hybridized carbons (Fsp3) is 0.150. The number of nitrogens with zero attached hydrogens (tertiary/aromatic N) is 2. The lowest BCUT2D eigenvalue weighted by Crippen LogP contribution is -2.24. The summed E-state index contributed by atoms with van der Waals surface area (Å²) in [6.07, 6.45) is 2.48. The Morgan fingerprint density at radius 3 is 2.56 bits per heavy atom. The summed E-state index contributed by atoms with van der Waals surface area (Å²) in [4.78, 5) is 6.68. The molecule has 0 amide bonds. The van der Waals surface area contributed by atoms with E-state index in [9.17, 15) is 8.42 Å². The normalized spacial score (nSPS) is 16.2. The van der Waals surface area contributed by atoms with Crippen LogP contribution in [0.3, 0.4) is 0 Å². The lowest BCUT2D eigenvalue weighted by Gasteiger charge is -2.24. The van der Waals surface area contributed by atoms with Crippen molar-refractivity contribution in [3.8, 4) is 0 Å². The van der Waals surface area contributed by atoms with Crippen LogP contribution in [0.15, 0.2) is 71.8 Å². The third-order valence-electron chi connectivity index (χ3n) is 4.58. The Labute approximate surface area is 163 Å². The van der Waals surface area contributed by atoms with Crippen molar-refractivity contribution in [1.29, 1.82) is 0 Å². The highest BCUT2D eigenvalue weighted by Crippen LogP contribution is 2.37. The predicted octanol–water partition coefficient (Wildman–Crippen LogP) is 4.62. The summed E-state index contributed by atoms with van der Waals surface area (Å²) in [5, 5.41) is 0.178. The van der Waals surface area contributed by atoms with Crippen LogP contribution in [0.25, 0.3) is 0 Å². The number of hydrogen-bond acceptors (Lipinski definition) is 4. The molecule has 0 radical (unpaired) electrons. The molecule has 1 aromatic heterocycles. The van der Waals surface area contributed by atoms with Crippen LogP contribution >= 0.6 is 11.6 Å². The Kier molecular flexibility index (Phi) is 4.53. The molecular formula is C20H18ClN3O2S. The van der Waals surface area contributed by atoms with Crippen LogP contribution < -0.4 is 9.62 Å². The number of fused-ring (bicyclic) bond motifs is 1. The molecule has 2 heterocycles. The zero-order valence-electron chi connectivity index (χ0n) is 14.6. The van der Waals surface area contributed by atoms with E-state index in [1.165, 1.54) is 17.8 Å². The summed E-state index contributed by atoms with van der Waals surface area (Å²) < 4.78 is 27.6. The van der Waals surface area contributed by atoms with Gasteiger partial charge in [0.2, 0.25) is 0 Å². The third-order valence-corrected chi connectivity index (χ3v) is 6.46. The van der Waals surface area contributed by atoms with Gasteiger partial charge in [0.1, 0.15) is 10.7 Å². The van der Waals surface area contributed by atoms with Gasteiger partial charge < -0.3 is 4.90 Å². The summed E-state index contributed by atoms with van der Waals surface area (Å²) in [6, 6.07) is 18.4. The van der Waals surface area contributed by atoms with Crippen LogP contribution in [0.4, 0.5) is 17.2 Å². The number of anilines is 3. The largest absolute Gasteiger partial charge is 0.323 e. The molecule has 1 N–H and O–H groups in total. The van der Waals surface area contributed by atoms with Gasteiger partial charge in [-0.1, -0.05) is 41.9 Å². The lowest BCUT2D eigenvalue weighted by atomic mass is 10.1. The van der Waals surface area contributed by atoms with E-state index in [1.54, 1.807) is 24.3 Å². The fourth-order valence-corrected chi connectivity index (χ4v) is 4.94. The summed E-state index contributed by atoms with van der Waals surface area (Å²) in [6.45, 7) is 2.15. The van der Waals surface area contributed by atoms with Crippen LogP contribution in [0.1, 0.15) is 12.5 Å². The van der Waals surface area contributed by atoms with Crippen LogP contribution in [0, 0.1) is 0 Å². The first kappa shape index (κ1) is 17.8. The van der Waals surface area contributed by atoms with E-state index in [-0.39, 0.29) is 9.92 Å². The van der Waals surface area contributed by atoms with Gasteiger partial charge in [0.25, 0.3) is 10.0 Å². The van der Waals surface area contributed by atoms with Gasteiger partial charge in [-0.15, -0.1) is 0 Å². The molecule has 138 valence electrons. The van der Waals surface area contributed by atoms with Gasteiger partial charge in [0.15, 0.2) is 0 Å². The molecule has 0 saturated heterocycles. The summed E-state index contributed by atoms with van der Waals surface area (Å²) in [7, 11) is -3.77. The number of pyridine rings is 1. The molecule has 1 aliphatic rings. The number of rotatable bonds is 4. The maximum atomic E-state index is 12.5. The molecule has 1 aliphatic heterocycles. The number of halogens is 1. The molecule has 0 spiro atoms. The fourth-order valence-electron chi connectivity index (χ4n) is 3.38. The van der Waals surface area contributed by atoms with E-state index >= 15 is 0 Å². The number of hydrogen-bond donors (Lipinski definition) is 1. The standard InChI is InChI=1S/C20H18ClN3O2S/c1-14-12-15-6-2-4-8-18(15)24(14)20-11-10-16(13-22-20)23-27(25,26)19-9-5-3-7-17(19)21/h2-11,13-14,23H,12H2,1H3. The summed E-state index contributed by atoms with van der Waals surface area (Å²) >= 11 is 6.01. The van der Waals surface area contributed by atoms with E-state index < -0.39 is 10.0 Å². The van der Waals surface area contributed by atoms with Gasteiger partial charge in [-0.2, -0.15) is 0 Å². The average Bonchev–Trinajstić information content (AvgIpc) is 2.98. The van der Waals surface area contributed by atoms with Gasteiger partial charge in [0, 0.05) is 11.7 Å². The molecule has 2 aromatic carbocycles. The zero-order valence-corrected chi connectivity index (χ0v) is 16.2. The quantitative estimate of drug-likeness (QED) is 0.695. The van der Waals surface area contributed by atoms with Crippen molar-refractivity contribution in [2.24, 2.45) is 0 Å². The highest BCUT2D eigenvalue weighted by Gasteiger charge is 2.27. The van der Waals surface area contributed by atoms with Gasteiger partial charge in [-0.25, -0.2) is 13.4 Å². The third kappa shape index (κ3) is 3.38. The molecule has 3 aromatic rings. The van der Waals surface area contributed by atoms with Gasteiger partial charge in [-0.05, 0) is 49.2 Å². The second-order valence-electron chi connectivity index (χ2n) is 6.49. The van der Waals surface area contributed by atoms with Crippen LogP contribution in [0.5, 0.6) is 0 Å². The van der Waals surface area contributed by atoms with E-state index in [1.807, 2.05) is 18.2 Å². The zero-order chi connectivity index (χ0) is 19.0. The Morgan fingerprint density at radius 1 is 1.07 bits per heavy atom. The molecule has 7 heteroatoms. The van der Waals surface area contributed by atoms with Crippen molar-refractivity contribution >= 4 is 38.8 Å². The van der Waals surface area contributed by atoms with E-state index in [0.717, 1.165) is 17.9 Å². The molecule has 4 rings (SSSR count). The molecule has 0 fully saturated rings. The Balaban J connectivity index is 1.59. The van der Waals surface area contributed by atoms with Crippen molar-refractivity contribution in [1.82, 2.24) is 4.98 Å². The second kappa shape index (κ2) is 6.87. The van der Waals surface area contributed by atoms with E-state index in [4.69, 9.17) is 11.6 Å². The maximum absolute atomic E-state index is 12.5. The summed E-state index contributed by atoms with van der Waals surface area (Å²) in [5.74, 6) is 0.785. The van der Waals surface area contributed by atoms with Crippen LogP contribution in [0.2, 0.25) is 5.02 Å². The van der Waals surface area contributed by atoms with E-state index in [2.05, 4.69) is 33.7 Å². The van der Waals surface area contributed by atoms with Crippen molar-refractivity contribution in [2.45, 2.75) is 24.3 Å². The van der Waals surface area contributed by atoms with Crippen molar-refractivity contribution in [3.63, 3.8) is 0 Å².